The van der Waals surface area contributed by atoms with E-state index < -0.39 is 0 Å². The molecule has 2 aromatic heterocycles. The first kappa shape index (κ1) is 24.6. The minimum atomic E-state index is -0.185. The number of nitrogens with zero attached hydrogens (tertiary/aromatic N) is 4. The van der Waals surface area contributed by atoms with E-state index in [9.17, 15) is 4.79 Å². The number of hydrogen-bond donors (Lipinski definition) is 1. The summed E-state index contributed by atoms with van der Waals surface area (Å²) in [6, 6.07) is 8.10. The van der Waals surface area contributed by atoms with E-state index in [1.54, 1.807) is 0 Å². The lowest BCUT2D eigenvalue weighted by Gasteiger charge is -2.14. The molecule has 0 bridgehead atoms. The van der Waals surface area contributed by atoms with Gasteiger partial charge in [0.1, 0.15) is 5.52 Å². The van der Waals surface area contributed by atoms with Gasteiger partial charge in [0, 0.05) is 25.3 Å². The number of aromatic nitrogens is 4. The van der Waals surface area contributed by atoms with Crippen LogP contribution in [0.5, 0.6) is 0 Å². The molecule has 0 saturated carbocycles. The Balaban J connectivity index is 1.57. The van der Waals surface area contributed by atoms with Crippen molar-refractivity contribution in [2.45, 2.75) is 25.0 Å². The maximum absolute atomic E-state index is 12.7. The standard InChI is InChI=1S/C20H14Br5N5OS/c1-2-7-30-10-6-4-3-5-9(10)17-19(30)27-20(29-28-17)32-8-11(31)26-18-15(24)13(22)12(21)14(23)16(18)25/h3-6H,2,7-8H2,1H3,(H,26,31). The Bertz CT molecular complexity index is 1330. The number of nitrogens with one attached hydrogen (secondary N) is 1. The number of rotatable bonds is 6. The van der Waals surface area contributed by atoms with Gasteiger partial charge >= 0.3 is 0 Å². The molecule has 0 aliphatic heterocycles. The molecule has 0 radical (unpaired) electrons. The predicted molar refractivity (Wildman–Crippen MR) is 147 cm³/mol. The first-order valence-corrected chi connectivity index (χ1v) is 14.3. The van der Waals surface area contributed by atoms with Crippen molar-refractivity contribution in [3.05, 3.63) is 46.6 Å². The SMILES string of the molecule is CCCn1c2ccccc2c2nnc(SCC(=O)Nc3c(Br)c(Br)c(Br)c(Br)c3Br)nc21. The number of halogens is 5. The summed E-state index contributed by atoms with van der Waals surface area (Å²) in [5.41, 5.74) is 3.28. The third-order valence-corrected chi connectivity index (χ3v) is 11.5. The second-order valence-corrected chi connectivity index (χ2v) is 11.6. The fraction of sp³-hybridized carbons (Fsp3) is 0.200. The number of para-hydroxylation sites is 1. The van der Waals surface area contributed by atoms with Gasteiger partial charge in [-0.2, -0.15) is 0 Å². The molecule has 0 aliphatic carbocycles. The zero-order valence-corrected chi connectivity index (χ0v) is 25.2. The molecule has 0 aliphatic rings. The van der Waals surface area contributed by atoms with Gasteiger partial charge in [-0.15, -0.1) is 10.2 Å². The highest BCUT2D eigenvalue weighted by Crippen LogP contribution is 2.47. The van der Waals surface area contributed by atoms with Crippen LogP contribution in [-0.4, -0.2) is 31.4 Å². The number of aryl methyl sites for hydroxylation is 1. The van der Waals surface area contributed by atoms with E-state index >= 15 is 0 Å². The van der Waals surface area contributed by atoms with Crippen LogP contribution in [-0.2, 0) is 11.3 Å². The lowest BCUT2D eigenvalue weighted by Crippen LogP contribution is -2.15. The van der Waals surface area contributed by atoms with E-state index in [1.807, 2.05) is 18.2 Å². The number of thioether (sulfide) groups is 1. The van der Waals surface area contributed by atoms with E-state index in [-0.39, 0.29) is 11.7 Å². The zero-order chi connectivity index (χ0) is 23.0. The first-order chi connectivity index (χ1) is 15.3. The Morgan fingerprint density at radius 1 is 1.00 bits per heavy atom. The van der Waals surface area contributed by atoms with Gasteiger partial charge in [-0.05, 0) is 92.1 Å². The van der Waals surface area contributed by atoms with Crippen molar-refractivity contribution in [2.75, 3.05) is 11.1 Å². The summed E-state index contributed by atoms with van der Waals surface area (Å²) in [4.78, 5) is 17.4. The third-order valence-electron chi connectivity index (χ3n) is 4.61. The molecule has 0 atom stereocenters. The third kappa shape index (κ3) is 4.68. The number of hydrogen-bond acceptors (Lipinski definition) is 5. The topological polar surface area (TPSA) is 72.7 Å². The molecular formula is C20H14Br5N5OS. The number of carbonyl (C=O) groups excluding carboxylic acids is 1. The van der Waals surface area contributed by atoms with Crippen LogP contribution in [0.15, 0.2) is 51.8 Å². The number of anilines is 1. The number of amides is 1. The molecule has 0 fully saturated rings. The van der Waals surface area contributed by atoms with Crippen LogP contribution < -0.4 is 5.32 Å². The maximum atomic E-state index is 12.7. The Morgan fingerprint density at radius 2 is 1.66 bits per heavy atom. The largest absolute Gasteiger partial charge is 0.324 e. The smallest absolute Gasteiger partial charge is 0.234 e. The molecule has 4 rings (SSSR count). The molecule has 1 N–H and O–H groups in total. The van der Waals surface area contributed by atoms with Crippen molar-refractivity contribution in [1.82, 2.24) is 19.7 Å². The van der Waals surface area contributed by atoms with Gasteiger partial charge in [0.2, 0.25) is 11.1 Å². The molecule has 12 heteroatoms. The monoisotopic (exact) mass is 767 g/mol. The minimum absolute atomic E-state index is 0.144. The molecule has 4 aromatic rings. The Labute approximate surface area is 230 Å². The molecule has 6 nitrogen and oxygen atoms in total. The average Bonchev–Trinajstić information content (AvgIpc) is 3.11. The highest BCUT2D eigenvalue weighted by molar-refractivity contribution is 9.15. The van der Waals surface area contributed by atoms with Gasteiger partial charge in [-0.1, -0.05) is 36.9 Å². The van der Waals surface area contributed by atoms with Crippen molar-refractivity contribution in [2.24, 2.45) is 0 Å². The molecule has 2 heterocycles. The molecule has 32 heavy (non-hydrogen) atoms. The second kappa shape index (κ2) is 10.4. The van der Waals surface area contributed by atoms with Gasteiger partial charge in [-0.25, -0.2) is 4.98 Å². The van der Waals surface area contributed by atoms with E-state index in [4.69, 9.17) is 4.98 Å². The van der Waals surface area contributed by atoms with Crippen molar-refractivity contribution in [3.8, 4) is 0 Å². The van der Waals surface area contributed by atoms with E-state index in [2.05, 4.69) is 113 Å². The Hall–Kier alpha value is -0.530. The van der Waals surface area contributed by atoms with Crippen LogP contribution in [0.4, 0.5) is 5.69 Å². The summed E-state index contributed by atoms with van der Waals surface area (Å²) in [5, 5.41) is 13.1. The van der Waals surface area contributed by atoms with Crippen LogP contribution >= 0.6 is 91.4 Å². The van der Waals surface area contributed by atoms with Crippen LogP contribution in [0.1, 0.15) is 13.3 Å². The van der Waals surface area contributed by atoms with Crippen molar-refractivity contribution in [1.29, 1.82) is 0 Å². The fourth-order valence-corrected chi connectivity index (χ4v) is 7.05. The molecule has 1 amide bonds. The van der Waals surface area contributed by atoms with Gasteiger partial charge < -0.3 is 9.88 Å². The van der Waals surface area contributed by atoms with E-state index in [1.165, 1.54) is 11.8 Å². The van der Waals surface area contributed by atoms with Crippen LogP contribution in [0.3, 0.4) is 0 Å². The van der Waals surface area contributed by atoms with Crippen molar-refractivity contribution in [3.63, 3.8) is 0 Å². The Morgan fingerprint density at radius 3 is 2.34 bits per heavy atom. The Kier molecular flexibility index (Phi) is 7.98. The van der Waals surface area contributed by atoms with Crippen molar-refractivity contribution >= 4 is 125 Å². The normalized spacial score (nSPS) is 11.4. The molecule has 2 aromatic carbocycles. The highest BCUT2D eigenvalue weighted by Gasteiger charge is 2.20. The summed E-state index contributed by atoms with van der Waals surface area (Å²) in [5.74, 6) is -0.0407. The van der Waals surface area contributed by atoms with Crippen LogP contribution in [0.25, 0.3) is 22.1 Å². The van der Waals surface area contributed by atoms with Crippen LogP contribution in [0, 0.1) is 0 Å². The van der Waals surface area contributed by atoms with Gasteiger partial charge in [0.05, 0.1) is 25.9 Å². The number of carbonyl (C=O) groups is 1. The lowest BCUT2D eigenvalue weighted by molar-refractivity contribution is -0.113. The average molecular weight is 772 g/mol. The summed E-state index contributed by atoms with van der Waals surface area (Å²) in [6.45, 7) is 2.97. The number of fused-ring (bicyclic) bond motifs is 3. The summed E-state index contributed by atoms with van der Waals surface area (Å²) >= 11 is 18.8. The summed E-state index contributed by atoms with van der Waals surface area (Å²) in [6.07, 6.45) is 0.977. The van der Waals surface area contributed by atoms with Gasteiger partial charge in [-0.3, -0.25) is 4.79 Å². The van der Waals surface area contributed by atoms with Gasteiger partial charge in [0.15, 0.2) is 5.65 Å². The first-order valence-electron chi connectivity index (χ1n) is 9.39. The molecule has 0 saturated heterocycles. The highest BCUT2D eigenvalue weighted by atomic mass is 79.9. The maximum Gasteiger partial charge on any atom is 0.234 e. The van der Waals surface area contributed by atoms with Gasteiger partial charge in [0.25, 0.3) is 0 Å². The summed E-state index contributed by atoms with van der Waals surface area (Å²) < 4.78 is 6.02. The van der Waals surface area contributed by atoms with E-state index in [0.29, 0.717) is 10.8 Å². The van der Waals surface area contributed by atoms with E-state index in [0.717, 1.165) is 57.4 Å². The fourth-order valence-electron chi connectivity index (χ4n) is 3.22. The van der Waals surface area contributed by atoms with Crippen molar-refractivity contribution < 1.29 is 4.79 Å². The summed E-state index contributed by atoms with van der Waals surface area (Å²) in [7, 11) is 0. The number of benzene rings is 2. The minimum Gasteiger partial charge on any atom is -0.324 e. The second-order valence-electron chi connectivity index (χ2n) is 6.72. The quantitative estimate of drug-likeness (QED) is 0.123. The lowest BCUT2D eigenvalue weighted by atomic mass is 10.2. The molecule has 0 unspecified atom stereocenters. The molecule has 166 valence electrons. The molecular weight excluding hydrogens is 758 g/mol. The zero-order valence-electron chi connectivity index (χ0n) is 16.4. The van der Waals surface area contributed by atoms with Crippen LogP contribution in [0.2, 0.25) is 0 Å². The molecule has 0 spiro atoms. The predicted octanol–water partition coefficient (Wildman–Crippen LogP) is 7.93.